The van der Waals surface area contributed by atoms with Crippen molar-refractivity contribution in [2.45, 2.75) is 44.5 Å². The minimum absolute atomic E-state index is 0.0425. The number of thiocarbonyl (C=S) groups is 1. The summed E-state index contributed by atoms with van der Waals surface area (Å²) in [5, 5.41) is 2.97. The van der Waals surface area contributed by atoms with Crippen LogP contribution in [0.25, 0.3) is 0 Å². The topological polar surface area (TPSA) is 44.8 Å². The van der Waals surface area contributed by atoms with Crippen molar-refractivity contribution in [3.8, 4) is 0 Å². The second-order valence-electron chi connectivity index (χ2n) is 9.00. The number of anilines is 1. The van der Waals surface area contributed by atoms with E-state index in [1.165, 1.54) is 23.1 Å². The summed E-state index contributed by atoms with van der Waals surface area (Å²) in [6.45, 7) is 4.47. The number of likely N-dealkylation sites (tertiary alicyclic amines) is 1. The average molecular weight is 510 g/mol. The maximum atomic E-state index is 15.0. The highest BCUT2D eigenvalue weighted by atomic mass is 32.1. The van der Waals surface area contributed by atoms with E-state index in [0.717, 1.165) is 43.6 Å². The lowest BCUT2D eigenvalue weighted by Crippen LogP contribution is -2.33. The van der Waals surface area contributed by atoms with Crippen molar-refractivity contribution in [2.24, 2.45) is 0 Å². The molecule has 2 saturated heterocycles. The Morgan fingerprint density at radius 1 is 1.14 bits per heavy atom. The van der Waals surface area contributed by atoms with Crippen LogP contribution in [0, 0.1) is 5.82 Å². The van der Waals surface area contributed by atoms with Crippen molar-refractivity contribution in [2.75, 3.05) is 31.1 Å². The van der Waals surface area contributed by atoms with Gasteiger partial charge >= 0.3 is 12.3 Å². The number of nitrogens with one attached hydrogen (secondary N) is 1. The highest BCUT2D eigenvalue weighted by Gasteiger charge is 2.33. The Bertz CT molecular complexity index is 1070. The molecule has 1 amide bonds. The molecule has 188 valence electrons. The van der Waals surface area contributed by atoms with Crippen LogP contribution in [0.5, 0.6) is 0 Å². The Morgan fingerprint density at radius 2 is 1.83 bits per heavy atom. The van der Waals surface area contributed by atoms with Gasteiger partial charge in [-0.05, 0) is 74.2 Å². The Kier molecular flexibility index (Phi) is 7.61. The number of rotatable bonds is 6. The number of amides is 1. The van der Waals surface area contributed by atoms with Gasteiger partial charge in [-0.25, -0.2) is 9.18 Å². The van der Waals surface area contributed by atoms with Crippen LogP contribution in [0.4, 0.5) is 28.0 Å². The van der Waals surface area contributed by atoms with Gasteiger partial charge in [-0.3, -0.25) is 9.80 Å². The molecule has 0 aliphatic carbocycles. The van der Waals surface area contributed by atoms with Crippen LogP contribution in [-0.4, -0.2) is 48.3 Å². The number of carbonyl (C=O) groups excluding carboxylic acids is 1. The van der Waals surface area contributed by atoms with Crippen molar-refractivity contribution in [3.05, 3.63) is 65.0 Å². The van der Waals surface area contributed by atoms with Gasteiger partial charge in [-0.2, -0.15) is 13.2 Å². The normalized spacial score (nSPS) is 19.6. The molecule has 2 heterocycles. The third-order valence-electron chi connectivity index (χ3n) is 6.46. The first kappa shape index (κ1) is 25.4. The largest absolute Gasteiger partial charge is 0.442 e. The van der Waals surface area contributed by atoms with Gasteiger partial charge in [0.25, 0.3) is 0 Å². The minimum Gasteiger partial charge on any atom is -0.442 e. The number of benzene rings is 2. The Labute approximate surface area is 207 Å². The molecule has 0 bridgehead atoms. The number of cyclic esters (lactones) is 1. The number of halogens is 4. The zero-order valence-electron chi connectivity index (χ0n) is 19.3. The van der Waals surface area contributed by atoms with Crippen LogP contribution in [0.15, 0.2) is 42.5 Å². The third kappa shape index (κ3) is 6.29. The van der Waals surface area contributed by atoms with Gasteiger partial charge in [0.2, 0.25) is 0 Å². The van der Waals surface area contributed by atoms with Crippen molar-refractivity contribution >= 4 is 29.0 Å². The molecule has 1 unspecified atom stereocenters. The Balaban J connectivity index is 1.32. The summed E-state index contributed by atoms with van der Waals surface area (Å²) in [4.78, 5) is 16.4. The number of alkyl halides is 3. The number of carbonyl (C=O) groups is 1. The number of hydrogen-bond donors (Lipinski definition) is 1. The van der Waals surface area contributed by atoms with Crippen molar-refractivity contribution in [1.29, 1.82) is 0 Å². The van der Waals surface area contributed by atoms with Gasteiger partial charge in [0.1, 0.15) is 11.9 Å². The van der Waals surface area contributed by atoms with Gasteiger partial charge < -0.3 is 10.1 Å². The fourth-order valence-electron chi connectivity index (χ4n) is 4.57. The summed E-state index contributed by atoms with van der Waals surface area (Å²) in [5.74, 6) is -0.311. The SMILES string of the molecule is CC(=S)NCC1CN(c2ccc(C3CCN(Cc4ccc(C(F)(F)F)cc4)CC3)c(F)c2)C(=O)O1. The fraction of sp³-hybridized carbons (Fsp3) is 0.440. The smallest absolute Gasteiger partial charge is 0.416 e. The molecular weight excluding hydrogens is 482 g/mol. The molecule has 35 heavy (non-hydrogen) atoms. The molecule has 4 rings (SSSR count). The lowest BCUT2D eigenvalue weighted by Gasteiger charge is -2.32. The van der Waals surface area contributed by atoms with Crippen LogP contribution in [-0.2, 0) is 17.5 Å². The zero-order chi connectivity index (χ0) is 25.2. The average Bonchev–Trinajstić information content (AvgIpc) is 3.18. The highest BCUT2D eigenvalue weighted by molar-refractivity contribution is 7.80. The molecule has 1 atom stereocenters. The first-order chi connectivity index (χ1) is 16.6. The van der Waals surface area contributed by atoms with Crippen molar-refractivity contribution in [3.63, 3.8) is 0 Å². The summed E-state index contributed by atoms with van der Waals surface area (Å²) < 4.78 is 58.6. The minimum atomic E-state index is -4.34. The van der Waals surface area contributed by atoms with Gasteiger partial charge in [0, 0.05) is 6.54 Å². The van der Waals surface area contributed by atoms with Crippen LogP contribution >= 0.6 is 12.2 Å². The second-order valence-corrected chi connectivity index (χ2v) is 9.62. The lowest BCUT2D eigenvalue weighted by molar-refractivity contribution is -0.137. The van der Waals surface area contributed by atoms with Crippen LogP contribution < -0.4 is 10.2 Å². The number of nitrogens with zero attached hydrogens (tertiary/aromatic N) is 2. The summed E-state index contributed by atoms with van der Waals surface area (Å²) in [5.41, 5.74) is 1.24. The predicted octanol–water partition coefficient (Wildman–Crippen LogP) is 5.49. The molecular formula is C25H27F4N3O2S. The molecule has 5 nitrogen and oxygen atoms in total. The molecule has 2 fully saturated rings. The lowest BCUT2D eigenvalue weighted by atomic mass is 9.88. The van der Waals surface area contributed by atoms with Crippen molar-refractivity contribution < 1.29 is 27.1 Å². The van der Waals surface area contributed by atoms with Crippen LogP contribution in [0.3, 0.4) is 0 Å². The Hall–Kier alpha value is -2.72. The van der Waals surface area contributed by atoms with E-state index in [4.69, 9.17) is 17.0 Å². The molecule has 0 aromatic heterocycles. The summed E-state index contributed by atoms with van der Waals surface area (Å²) in [7, 11) is 0. The number of ether oxygens (including phenoxy) is 1. The Morgan fingerprint density at radius 3 is 2.43 bits per heavy atom. The van der Waals surface area contributed by atoms with Crippen LogP contribution in [0.1, 0.15) is 42.4 Å². The standard InChI is InChI=1S/C25H27F4N3O2S/c1-16(35)30-13-21-15-32(24(33)34-21)20-6-7-22(23(26)12-20)18-8-10-31(11-9-18)14-17-2-4-19(5-3-17)25(27,28)29/h2-7,12,18,21H,8-11,13-15H2,1H3,(H,30,35). The molecule has 2 aromatic carbocycles. The zero-order valence-corrected chi connectivity index (χ0v) is 20.1. The number of piperidine rings is 1. The van der Waals surface area contributed by atoms with Gasteiger partial charge in [-0.1, -0.05) is 30.4 Å². The molecule has 0 saturated carbocycles. The molecule has 0 radical (unpaired) electrons. The maximum Gasteiger partial charge on any atom is 0.416 e. The van der Waals surface area contributed by atoms with E-state index in [0.29, 0.717) is 35.9 Å². The van der Waals surface area contributed by atoms with E-state index in [1.807, 2.05) is 0 Å². The van der Waals surface area contributed by atoms with Crippen molar-refractivity contribution in [1.82, 2.24) is 10.2 Å². The molecule has 2 aliphatic rings. The second kappa shape index (κ2) is 10.5. The first-order valence-corrected chi connectivity index (χ1v) is 11.9. The summed E-state index contributed by atoms with van der Waals surface area (Å²) in [6.07, 6.45) is -3.73. The van der Waals surface area contributed by atoms with E-state index in [2.05, 4.69) is 10.2 Å². The highest BCUT2D eigenvalue weighted by Crippen LogP contribution is 2.34. The predicted molar refractivity (Wildman–Crippen MR) is 129 cm³/mol. The third-order valence-corrected chi connectivity index (χ3v) is 6.61. The number of hydrogen-bond acceptors (Lipinski definition) is 4. The van der Waals surface area contributed by atoms with Crippen LogP contribution in [0.2, 0.25) is 0 Å². The quantitative estimate of drug-likeness (QED) is 0.412. The molecule has 0 spiro atoms. The van der Waals surface area contributed by atoms with E-state index in [9.17, 15) is 18.0 Å². The van der Waals surface area contributed by atoms with Gasteiger partial charge in [-0.15, -0.1) is 0 Å². The van der Waals surface area contributed by atoms with E-state index in [-0.39, 0.29) is 17.8 Å². The summed E-state index contributed by atoms with van der Waals surface area (Å²) in [6, 6.07) is 10.1. The maximum absolute atomic E-state index is 15.0. The summed E-state index contributed by atoms with van der Waals surface area (Å²) >= 11 is 4.98. The molecule has 2 aliphatic heterocycles. The monoisotopic (exact) mass is 509 g/mol. The van der Waals surface area contributed by atoms with E-state index in [1.54, 1.807) is 19.1 Å². The molecule has 1 N–H and O–H groups in total. The first-order valence-electron chi connectivity index (χ1n) is 11.5. The molecule has 2 aromatic rings. The fourth-order valence-corrected chi connectivity index (χ4v) is 4.65. The van der Waals surface area contributed by atoms with Gasteiger partial charge in [0.05, 0.1) is 29.3 Å². The van der Waals surface area contributed by atoms with Gasteiger partial charge in [0.15, 0.2) is 0 Å². The van der Waals surface area contributed by atoms with E-state index >= 15 is 4.39 Å². The van der Waals surface area contributed by atoms with E-state index < -0.39 is 17.8 Å². The molecule has 10 heteroatoms.